The van der Waals surface area contributed by atoms with E-state index in [2.05, 4.69) is 29.7 Å². The molecule has 0 unspecified atom stereocenters. The molecule has 4 aliphatic rings. The van der Waals surface area contributed by atoms with Gasteiger partial charge in [0.25, 0.3) is 0 Å². The van der Waals surface area contributed by atoms with Gasteiger partial charge < -0.3 is 14.7 Å². The monoisotopic (exact) mass is 428 g/mol. The first-order valence-electron chi connectivity index (χ1n) is 11.7. The van der Waals surface area contributed by atoms with Crippen LogP contribution in [0.3, 0.4) is 0 Å². The summed E-state index contributed by atoms with van der Waals surface area (Å²) >= 11 is 0. The number of carbonyl (C=O) groups is 1. The second kappa shape index (κ2) is 7.89. The van der Waals surface area contributed by atoms with Gasteiger partial charge in [-0.15, -0.1) is 0 Å². The Hall–Kier alpha value is -1.92. The molecule has 0 spiro atoms. The molecule has 1 aromatic carbocycles. The quantitative estimate of drug-likeness (QED) is 0.592. The Labute approximate surface area is 183 Å². The van der Waals surface area contributed by atoms with Gasteiger partial charge in [0.15, 0.2) is 0 Å². The Morgan fingerprint density at radius 1 is 1.19 bits per heavy atom. The highest BCUT2D eigenvalue weighted by atomic mass is 19.1. The van der Waals surface area contributed by atoms with E-state index in [1.807, 2.05) is 12.1 Å². The molecule has 1 aromatic rings. The number of carbonyl (C=O) groups excluding carboxylic acids is 1. The van der Waals surface area contributed by atoms with Gasteiger partial charge in [0.05, 0.1) is 12.0 Å². The number of aliphatic hydroxyl groups excluding tert-OH is 1. The molecular formula is C25H33FN2O3. The van der Waals surface area contributed by atoms with Crippen LogP contribution < -0.4 is 4.90 Å². The minimum atomic E-state index is -0.551. The molecule has 6 heteroatoms. The zero-order valence-electron chi connectivity index (χ0n) is 18.5. The lowest BCUT2D eigenvalue weighted by molar-refractivity contribution is -0.145. The van der Waals surface area contributed by atoms with Gasteiger partial charge >= 0.3 is 5.97 Å². The van der Waals surface area contributed by atoms with Gasteiger partial charge in [-0.3, -0.25) is 9.69 Å². The van der Waals surface area contributed by atoms with Crippen molar-refractivity contribution in [3.63, 3.8) is 0 Å². The van der Waals surface area contributed by atoms with E-state index in [4.69, 9.17) is 4.74 Å². The molecule has 2 saturated heterocycles. The van der Waals surface area contributed by atoms with Crippen LogP contribution in [0.4, 0.5) is 10.1 Å². The van der Waals surface area contributed by atoms with Crippen molar-refractivity contribution in [2.75, 3.05) is 37.6 Å². The van der Waals surface area contributed by atoms with Crippen molar-refractivity contribution in [2.24, 2.45) is 23.2 Å². The van der Waals surface area contributed by atoms with Gasteiger partial charge in [0.2, 0.25) is 0 Å². The standard InChI is InChI=1S/C25H33FN2O3/c1-16-4-3-5-17-14-21-22(23(29)25(16,17)2)20(24(30)31-21)15-27-10-12-28(13-11-27)19-8-6-18(26)7-9-19/h5-9,16,20-23,29H,3-4,10-15H2,1-2H3/t16-,20-,21+,22+,23-,25+/m0/s1. The number of allylic oxidation sites excluding steroid dienone is 1. The number of halogens is 1. The molecule has 5 rings (SSSR count). The van der Waals surface area contributed by atoms with Crippen molar-refractivity contribution in [2.45, 2.75) is 45.3 Å². The highest BCUT2D eigenvalue weighted by molar-refractivity contribution is 5.76. The van der Waals surface area contributed by atoms with Crippen molar-refractivity contribution in [1.82, 2.24) is 4.90 Å². The van der Waals surface area contributed by atoms with Crippen LogP contribution in [0.2, 0.25) is 0 Å². The average molecular weight is 429 g/mol. The van der Waals surface area contributed by atoms with Crippen molar-refractivity contribution in [1.29, 1.82) is 0 Å². The summed E-state index contributed by atoms with van der Waals surface area (Å²) < 4.78 is 19.0. The second-order valence-electron chi connectivity index (χ2n) is 10.1. The number of anilines is 1. The minimum Gasteiger partial charge on any atom is -0.461 e. The summed E-state index contributed by atoms with van der Waals surface area (Å²) in [5, 5.41) is 11.5. The summed E-state index contributed by atoms with van der Waals surface area (Å²) in [6.07, 6.45) is 4.42. The largest absolute Gasteiger partial charge is 0.461 e. The first-order chi connectivity index (χ1) is 14.9. The Kier molecular flexibility index (Phi) is 5.33. The lowest BCUT2D eigenvalue weighted by atomic mass is 9.55. The normalized spacial score (nSPS) is 38.3. The molecule has 2 aliphatic heterocycles. The average Bonchev–Trinajstić information content (AvgIpc) is 3.07. The number of ether oxygens (including phenoxy) is 1. The number of aliphatic hydroxyl groups is 1. The lowest BCUT2D eigenvalue weighted by Crippen LogP contribution is -2.55. The SMILES string of the molecule is C[C@H]1CCC=C2C[C@H]3OC(=O)[C@@H](CN4CCN(c5ccc(F)cc5)CC4)[C@H]3[C@H](O)[C@@]21C. The molecule has 6 atom stereocenters. The lowest BCUT2D eigenvalue weighted by Gasteiger charge is -2.52. The van der Waals surface area contributed by atoms with E-state index in [9.17, 15) is 14.3 Å². The molecule has 1 N–H and O–H groups in total. The van der Waals surface area contributed by atoms with E-state index >= 15 is 0 Å². The Bertz CT molecular complexity index is 864. The van der Waals surface area contributed by atoms with E-state index in [-0.39, 0.29) is 35.1 Å². The van der Waals surface area contributed by atoms with Crippen molar-refractivity contribution in [3.05, 3.63) is 41.7 Å². The maximum absolute atomic E-state index is 13.2. The molecule has 2 aliphatic carbocycles. The molecule has 0 amide bonds. The van der Waals surface area contributed by atoms with Crippen LogP contribution in [-0.2, 0) is 9.53 Å². The summed E-state index contributed by atoms with van der Waals surface area (Å²) in [7, 11) is 0. The summed E-state index contributed by atoms with van der Waals surface area (Å²) in [6, 6.07) is 6.63. The molecule has 5 nitrogen and oxygen atoms in total. The highest BCUT2D eigenvalue weighted by Crippen LogP contribution is 2.56. The topological polar surface area (TPSA) is 53.0 Å². The number of hydrogen-bond acceptors (Lipinski definition) is 5. The molecule has 31 heavy (non-hydrogen) atoms. The fourth-order valence-electron chi connectivity index (χ4n) is 6.39. The van der Waals surface area contributed by atoms with Crippen LogP contribution in [0.5, 0.6) is 0 Å². The van der Waals surface area contributed by atoms with E-state index < -0.39 is 6.10 Å². The van der Waals surface area contributed by atoms with E-state index in [1.54, 1.807) is 0 Å². The zero-order valence-corrected chi connectivity index (χ0v) is 18.5. The maximum atomic E-state index is 13.2. The second-order valence-corrected chi connectivity index (χ2v) is 10.1. The predicted molar refractivity (Wildman–Crippen MR) is 117 cm³/mol. The number of hydrogen-bond donors (Lipinski definition) is 1. The van der Waals surface area contributed by atoms with Crippen molar-refractivity contribution < 1.29 is 19.0 Å². The summed E-state index contributed by atoms with van der Waals surface area (Å²) in [6.45, 7) is 8.42. The van der Waals surface area contributed by atoms with E-state index in [0.29, 0.717) is 12.5 Å². The first kappa shape index (κ1) is 21.0. The van der Waals surface area contributed by atoms with Gasteiger partial charge in [-0.05, 0) is 43.0 Å². The molecule has 3 fully saturated rings. The van der Waals surface area contributed by atoms with Crippen molar-refractivity contribution in [3.8, 4) is 0 Å². The number of nitrogens with zero attached hydrogens (tertiary/aromatic N) is 2. The van der Waals surface area contributed by atoms with Gasteiger partial charge in [-0.25, -0.2) is 4.39 Å². The number of esters is 1. The van der Waals surface area contributed by atoms with Crippen LogP contribution >= 0.6 is 0 Å². The van der Waals surface area contributed by atoms with E-state index in [0.717, 1.165) is 51.1 Å². The fraction of sp³-hybridized carbons (Fsp3) is 0.640. The van der Waals surface area contributed by atoms with Crippen LogP contribution in [0.25, 0.3) is 0 Å². The van der Waals surface area contributed by atoms with Crippen LogP contribution in [0.1, 0.15) is 33.1 Å². The molecule has 168 valence electrons. The predicted octanol–water partition coefficient (Wildman–Crippen LogP) is 3.23. The van der Waals surface area contributed by atoms with Crippen LogP contribution in [-0.4, -0.2) is 60.9 Å². The Morgan fingerprint density at radius 2 is 1.90 bits per heavy atom. The minimum absolute atomic E-state index is 0.134. The maximum Gasteiger partial charge on any atom is 0.311 e. The number of rotatable bonds is 3. The van der Waals surface area contributed by atoms with Gasteiger partial charge in [0, 0.05) is 56.2 Å². The fourth-order valence-corrected chi connectivity index (χ4v) is 6.39. The Morgan fingerprint density at radius 3 is 2.61 bits per heavy atom. The zero-order chi connectivity index (χ0) is 21.8. The number of fused-ring (bicyclic) bond motifs is 2. The van der Waals surface area contributed by atoms with Gasteiger partial charge in [0.1, 0.15) is 11.9 Å². The van der Waals surface area contributed by atoms with Gasteiger partial charge in [-0.2, -0.15) is 0 Å². The molecule has 0 bridgehead atoms. The molecule has 0 radical (unpaired) electrons. The molecule has 2 heterocycles. The third-order valence-electron chi connectivity index (χ3n) is 8.59. The molecular weight excluding hydrogens is 395 g/mol. The molecule has 1 saturated carbocycles. The third-order valence-corrected chi connectivity index (χ3v) is 8.59. The van der Waals surface area contributed by atoms with Gasteiger partial charge in [-0.1, -0.05) is 25.5 Å². The number of benzene rings is 1. The molecule has 0 aromatic heterocycles. The van der Waals surface area contributed by atoms with Crippen LogP contribution in [0.15, 0.2) is 35.9 Å². The highest BCUT2D eigenvalue weighted by Gasteiger charge is 2.59. The Balaban J connectivity index is 1.27. The van der Waals surface area contributed by atoms with E-state index in [1.165, 1.54) is 17.7 Å². The first-order valence-corrected chi connectivity index (χ1v) is 11.7. The van der Waals surface area contributed by atoms with Crippen molar-refractivity contribution >= 4 is 11.7 Å². The summed E-state index contributed by atoms with van der Waals surface area (Å²) in [4.78, 5) is 17.4. The van der Waals surface area contributed by atoms with Crippen LogP contribution in [0, 0.1) is 29.0 Å². The summed E-state index contributed by atoms with van der Waals surface area (Å²) in [5.41, 5.74) is 2.05. The smallest absolute Gasteiger partial charge is 0.311 e. The summed E-state index contributed by atoms with van der Waals surface area (Å²) in [5.74, 6) is -0.374. The number of piperazine rings is 1. The third kappa shape index (κ3) is 3.48.